The Bertz CT molecular complexity index is 1050. The van der Waals surface area contributed by atoms with Gasteiger partial charge >= 0.3 is 0 Å². The molecular weight excluding hydrogens is 448 g/mol. The Morgan fingerprint density at radius 3 is 2.69 bits per heavy atom. The molecule has 0 saturated carbocycles. The fourth-order valence-corrected chi connectivity index (χ4v) is 6.16. The van der Waals surface area contributed by atoms with E-state index in [2.05, 4.69) is 88.8 Å². The van der Waals surface area contributed by atoms with E-state index in [1.165, 1.54) is 33.4 Å². The molecule has 0 spiro atoms. The van der Waals surface area contributed by atoms with E-state index in [4.69, 9.17) is 9.73 Å². The molecule has 1 aromatic rings. The molecular formula is C31H44N2OS. The number of nitrogens with zero attached hydrogens (tertiary/aromatic N) is 2. The van der Waals surface area contributed by atoms with Gasteiger partial charge in [-0.3, -0.25) is 0 Å². The van der Waals surface area contributed by atoms with Crippen molar-refractivity contribution in [2.45, 2.75) is 86.4 Å². The van der Waals surface area contributed by atoms with E-state index in [1.54, 1.807) is 11.8 Å². The lowest BCUT2D eigenvalue weighted by atomic mass is 9.91. The van der Waals surface area contributed by atoms with Crippen LogP contribution in [-0.4, -0.2) is 23.2 Å². The van der Waals surface area contributed by atoms with Crippen LogP contribution in [0.2, 0.25) is 0 Å². The Hall–Kier alpha value is -2.04. The zero-order chi connectivity index (χ0) is 25.6. The van der Waals surface area contributed by atoms with Crippen molar-refractivity contribution in [1.82, 2.24) is 4.90 Å². The highest BCUT2D eigenvalue weighted by Crippen LogP contribution is 2.41. The van der Waals surface area contributed by atoms with Gasteiger partial charge in [-0.15, -0.1) is 0 Å². The molecule has 3 nitrogen and oxygen atoms in total. The van der Waals surface area contributed by atoms with Crippen molar-refractivity contribution in [3.63, 3.8) is 0 Å². The molecule has 0 N–H and O–H groups in total. The average molecular weight is 493 g/mol. The lowest BCUT2D eigenvalue weighted by Gasteiger charge is -2.31. The first-order valence-corrected chi connectivity index (χ1v) is 14.0. The van der Waals surface area contributed by atoms with Crippen LogP contribution in [-0.2, 0) is 16.9 Å². The standard InChI is InChI=1S/C31H44N2OS/c1-9-13-26-19-23(5)25(7)29(26)24(6)21-35-30(32-22(3)4)33(17-10-2)18-16-31(8)28-15-12-11-14-27(28)20-34-31/h11-15,21,23H,3,9-10,16-20H2,1-2,4-8H3/b24-21-,26-13-,32-30-. The van der Waals surface area contributed by atoms with Gasteiger partial charge in [-0.05, 0) is 92.6 Å². The van der Waals surface area contributed by atoms with Crippen LogP contribution in [0.5, 0.6) is 0 Å². The quantitative estimate of drug-likeness (QED) is 0.254. The predicted molar refractivity (Wildman–Crippen MR) is 154 cm³/mol. The smallest absolute Gasteiger partial charge is 0.168 e. The molecule has 2 unspecified atom stereocenters. The van der Waals surface area contributed by atoms with Gasteiger partial charge in [-0.25, -0.2) is 4.99 Å². The molecule has 4 heteroatoms. The molecule has 190 valence electrons. The molecule has 0 radical (unpaired) electrons. The molecule has 1 aliphatic carbocycles. The largest absolute Gasteiger partial charge is 0.366 e. The summed E-state index contributed by atoms with van der Waals surface area (Å²) in [5.41, 5.74) is 9.01. The van der Waals surface area contributed by atoms with E-state index in [1.807, 2.05) is 6.92 Å². The molecule has 1 heterocycles. The van der Waals surface area contributed by atoms with E-state index in [9.17, 15) is 0 Å². The zero-order valence-corrected chi connectivity index (χ0v) is 23.7. The normalized spacial score (nSPS) is 23.9. The third-order valence-electron chi connectivity index (χ3n) is 7.21. The van der Waals surface area contributed by atoms with Crippen LogP contribution in [0.3, 0.4) is 0 Å². The first-order chi connectivity index (χ1) is 16.7. The summed E-state index contributed by atoms with van der Waals surface area (Å²) in [6.45, 7) is 22.2. The highest BCUT2D eigenvalue weighted by molar-refractivity contribution is 8.16. The van der Waals surface area contributed by atoms with Gasteiger partial charge in [-0.1, -0.05) is 75.0 Å². The summed E-state index contributed by atoms with van der Waals surface area (Å²) in [4.78, 5) is 7.31. The molecule has 0 saturated heterocycles. The Kier molecular flexibility index (Phi) is 9.66. The lowest BCUT2D eigenvalue weighted by Crippen LogP contribution is -2.35. The number of ether oxygens (including phenoxy) is 1. The molecule has 3 rings (SSSR count). The van der Waals surface area contributed by atoms with Crippen molar-refractivity contribution in [3.05, 3.63) is 81.4 Å². The molecule has 2 atom stereocenters. The minimum Gasteiger partial charge on any atom is -0.366 e. The Morgan fingerprint density at radius 2 is 2.00 bits per heavy atom. The van der Waals surface area contributed by atoms with Gasteiger partial charge in [-0.2, -0.15) is 0 Å². The van der Waals surface area contributed by atoms with Crippen LogP contribution >= 0.6 is 11.8 Å². The molecule has 35 heavy (non-hydrogen) atoms. The summed E-state index contributed by atoms with van der Waals surface area (Å²) in [6, 6.07) is 8.62. The number of rotatable bonds is 9. The van der Waals surface area contributed by atoms with Gasteiger partial charge in [0.2, 0.25) is 0 Å². The number of fused-ring (bicyclic) bond motifs is 1. The van der Waals surface area contributed by atoms with Crippen molar-refractivity contribution < 1.29 is 4.74 Å². The second-order valence-electron chi connectivity index (χ2n) is 10.3. The molecule has 0 amide bonds. The highest BCUT2D eigenvalue weighted by Gasteiger charge is 2.35. The Morgan fingerprint density at radius 1 is 1.26 bits per heavy atom. The monoisotopic (exact) mass is 492 g/mol. The van der Waals surface area contributed by atoms with E-state index >= 15 is 0 Å². The zero-order valence-electron chi connectivity index (χ0n) is 22.9. The fraction of sp³-hybridized carbons (Fsp3) is 0.516. The SMILES string of the molecule is C=C(C)/N=C(\S/C=C(/C)C1=C(C)C(C)C/C1=C/CC)N(CCC)CCC1(C)OCc2ccccc21. The van der Waals surface area contributed by atoms with Gasteiger partial charge < -0.3 is 9.64 Å². The second-order valence-corrected chi connectivity index (χ2v) is 11.1. The van der Waals surface area contributed by atoms with Crippen molar-refractivity contribution in [1.29, 1.82) is 0 Å². The number of hydrogen-bond donors (Lipinski definition) is 0. The maximum atomic E-state index is 6.31. The first kappa shape index (κ1) is 27.5. The van der Waals surface area contributed by atoms with Gasteiger partial charge in [0.25, 0.3) is 0 Å². The topological polar surface area (TPSA) is 24.8 Å². The minimum atomic E-state index is -0.255. The number of hydrogen-bond acceptors (Lipinski definition) is 3. The van der Waals surface area contributed by atoms with E-state index in [-0.39, 0.29) is 5.60 Å². The van der Waals surface area contributed by atoms with E-state index < -0.39 is 0 Å². The number of allylic oxidation sites excluding steroid dienone is 6. The summed E-state index contributed by atoms with van der Waals surface area (Å²) in [5, 5.41) is 3.33. The second kappa shape index (κ2) is 12.3. The van der Waals surface area contributed by atoms with Crippen LogP contribution < -0.4 is 0 Å². The van der Waals surface area contributed by atoms with Crippen LogP contribution in [0.15, 0.2) is 75.3 Å². The molecule has 0 aromatic heterocycles. The molecule has 0 fully saturated rings. The first-order valence-electron chi connectivity index (χ1n) is 13.2. The van der Waals surface area contributed by atoms with Crippen LogP contribution in [0, 0.1) is 5.92 Å². The maximum absolute atomic E-state index is 6.31. The highest BCUT2D eigenvalue weighted by atomic mass is 32.2. The van der Waals surface area contributed by atoms with Gasteiger partial charge in [0.05, 0.1) is 12.2 Å². The van der Waals surface area contributed by atoms with Crippen molar-refractivity contribution in [2.24, 2.45) is 10.9 Å². The summed E-state index contributed by atoms with van der Waals surface area (Å²) >= 11 is 1.73. The van der Waals surface area contributed by atoms with Crippen LogP contribution in [0.25, 0.3) is 0 Å². The van der Waals surface area contributed by atoms with Crippen LogP contribution in [0.1, 0.15) is 85.3 Å². The third-order valence-corrected chi connectivity index (χ3v) is 8.24. The molecule has 2 aliphatic rings. The van der Waals surface area contributed by atoms with Gasteiger partial charge in [0, 0.05) is 18.8 Å². The third kappa shape index (κ3) is 6.59. The number of benzene rings is 1. The summed E-state index contributed by atoms with van der Waals surface area (Å²) in [5.74, 6) is 0.617. The van der Waals surface area contributed by atoms with Crippen molar-refractivity contribution in [3.8, 4) is 0 Å². The predicted octanol–water partition coefficient (Wildman–Crippen LogP) is 8.75. The van der Waals surface area contributed by atoms with Gasteiger partial charge in [0.15, 0.2) is 5.17 Å². The summed E-state index contributed by atoms with van der Waals surface area (Å²) in [7, 11) is 0. The van der Waals surface area contributed by atoms with Crippen molar-refractivity contribution in [2.75, 3.05) is 13.1 Å². The maximum Gasteiger partial charge on any atom is 0.168 e. The lowest BCUT2D eigenvalue weighted by molar-refractivity contribution is -0.0323. The van der Waals surface area contributed by atoms with Crippen molar-refractivity contribution >= 4 is 16.9 Å². The summed E-state index contributed by atoms with van der Waals surface area (Å²) < 4.78 is 6.31. The number of amidine groups is 1. The number of thioether (sulfide) groups is 1. The van der Waals surface area contributed by atoms with Crippen LogP contribution in [0.4, 0.5) is 0 Å². The number of aliphatic imine (C=N–C) groups is 1. The minimum absolute atomic E-state index is 0.255. The van der Waals surface area contributed by atoms with Gasteiger partial charge in [0.1, 0.15) is 0 Å². The Labute approximate surface area is 218 Å². The summed E-state index contributed by atoms with van der Waals surface area (Å²) in [6.07, 6.45) is 6.62. The average Bonchev–Trinajstić information content (AvgIpc) is 3.30. The van der Waals surface area contributed by atoms with E-state index in [0.717, 1.165) is 49.6 Å². The molecule has 0 bridgehead atoms. The molecule has 1 aliphatic heterocycles. The molecule has 1 aromatic carbocycles. The fourth-order valence-electron chi connectivity index (χ4n) is 5.22. The Balaban J connectivity index is 1.81. The van der Waals surface area contributed by atoms with E-state index in [0.29, 0.717) is 12.5 Å².